The number of nitrogens with two attached hydrogens (primary N) is 6. The molecule has 1 fully saturated rings. The molecule has 28 heteroatoms. The summed E-state index contributed by atoms with van der Waals surface area (Å²) >= 11 is 0. The zero-order valence-corrected chi connectivity index (χ0v) is 39.4. The largest absolute Gasteiger partial charge is 0.477 e. The second kappa shape index (κ2) is 32.7. The monoisotopic (exact) mass is 985 g/mol. The van der Waals surface area contributed by atoms with Crippen LogP contribution < -0.4 is 76.9 Å². The Hall–Kier alpha value is -6.04. The number of amides is 8. The second-order valence-electron chi connectivity index (χ2n) is 16.5. The van der Waals surface area contributed by atoms with E-state index in [1.54, 1.807) is 0 Å². The zero-order valence-electron chi connectivity index (χ0n) is 39.4. The minimum Gasteiger partial charge on any atom is -0.477 e. The normalized spacial score (nSPS) is 17.0. The number of carboxylic acid groups (broad SMARTS) is 1. The summed E-state index contributed by atoms with van der Waals surface area (Å²) in [6.07, 6.45) is 1.15. The number of carbonyl (C=O) groups is 9. The molecule has 1 saturated heterocycles. The molecule has 24 N–H and O–H groups in total. The number of carboxylic acids is 1. The van der Waals surface area contributed by atoms with E-state index >= 15 is 0 Å². The number of guanidine groups is 1. The lowest BCUT2D eigenvalue weighted by Crippen LogP contribution is -2.61. The van der Waals surface area contributed by atoms with Crippen LogP contribution in [0.5, 0.6) is 0 Å². The molecule has 9 atom stereocenters. The number of hydrogen-bond acceptors (Lipinski definition) is 17. The molecule has 0 radical (unpaired) electrons. The molecule has 0 aliphatic carbocycles. The molecule has 0 aromatic heterocycles. The highest BCUT2D eigenvalue weighted by molar-refractivity contribution is 5.99. The van der Waals surface area contributed by atoms with Gasteiger partial charge in [-0.25, -0.2) is 4.79 Å². The van der Waals surface area contributed by atoms with Crippen LogP contribution in [0.2, 0.25) is 0 Å². The average Bonchev–Trinajstić information content (AvgIpc) is 3.80. The lowest BCUT2D eigenvalue weighted by atomic mass is 10.1. The van der Waals surface area contributed by atoms with Gasteiger partial charge >= 0.3 is 5.97 Å². The van der Waals surface area contributed by atoms with E-state index in [-0.39, 0.29) is 70.7 Å². The van der Waals surface area contributed by atoms with Crippen molar-refractivity contribution in [3.63, 3.8) is 0 Å². The fourth-order valence-electron chi connectivity index (χ4n) is 6.90. The predicted molar refractivity (Wildman–Crippen MR) is 250 cm³/mol. The van der Waals surface area contributed by atoms with E-state index in [2.05, 4.69) is 42.5 Å². The number of aliphatic carboxylic acids is 1. The molecular formula is C41H76N16O12. The third kappa shape index (κ3) is 22.3. The molecule has 0 aromatic carbocycles. The fourth-order valence-corrected chi connectivity index (χ4v) is 6.90. The van der Waals surface area contributed by atoms with Gasteiger partial charge in [0.1, 0.15) is 41.9 Å². The number of likely N-dealkylation sites (tertiary alicyclic amines) is 1. The van der Waals surface area contributed by atoms with E-state index in [9.17, 15) is 58.5 Å². The molecule has 0 spiro atoms. The van der Waals surface area contributed by atoms with Crippen LogP contribution in [0.15, 0.2) is 11.8 Å². The van der Waals surface area contributed by atoms with Gasteiger partial charge in [0.15, 0.2) is 5.96 Å². The van der Waals surface area contributed by atoms with Crippen LogP contribution in [0.1, 0.15) is 84.5 Å². The molecule has 0 saturated carbocycles. The predicted octanol–water partition coefficient (Wildman–Crippen LogP) is -7.48. The highest BCUT2D eigenvalue weighted by atomic mass is 16.4. The van der Waals surface area contributed by atoms with Crippen LogP contribution in [0.25, 0.3) is 0 Å². The molecule has 0 bridgehead atoms. The van der Waals surface area contributed by atoms with Crippen molar-refractivity contribution in [3.8, 4) is 0 Å². The van der Waals surface area contributed by atoms with Gasteiger partial charge in [-0.05, 0) is 97.7 Å². The molecule has 1 unspecified atom stereocenters. The summed E-state index contributed by atoms with van der Waals surface area (Å²) in [6.45, 7) is 2.35. The van der Waals surface area contributed by atoms with Crippen molar-refractivity contribution in [2.75, 3.05) is 45.8 Å². The van der Waals surface area contributed by atoms with Gasteiger partial charge in [0, 0.05) is 19.6 Å². The van der Waals surface area contributed by atoms with Crippen molar-refractivity contribution < 1.29 is 58.5 Å². The topological polar surface area (TPSA) is 494 Å². The van der Waals surface area contributed by atoms with Gasteiger partial charge in [0.2, 0.25) is 47.3 Å². The summed E-state index contributed by atoms with van der Waals surface area (Å²) in [5, 5.41) is 57.2. The van der Waals surface area contributed by atoms with E-state index in [1.165, 1.54) is 24.8 Å². The van der Waals surface area contributed by atoms with Crippen molar-refractivity contribution in [2.45, 2.75) is 139 Å². The highest BCUT2D eigenvalue weighted by Crippen LogP contribution is 2.20. The molecule has 28 nitrogen and oxygen atoms in total. The number of nitrogens with zero attached hydrogens (tertiary/aromatic N) is 1. The molecule has 392 valence electrons. The Kier molecular flexibility index (Phi) is 28.9. The van der Waals surface area contributed by atoms with Gasteiger partial charge < -0.3 is 97.2 Å². The van der Waals surface area contributed by atoms with Crippen molar-refractivity contribution >= 4 is 59.2 Å². The number of rotatable bonds is 33. The Morgan fingerprint density at radius 2 is 1.33 bits per heavy atom. The molecule has 69 heavy (non-hydrogen) atoms. The molecule has 0 aromatic rings. The summed E-state index contributed by atoms with van der Waals surface area (Å²) in [4.78, 5) is 120. The van der Waals surface area contributed by atoms with Crippen molar-refractivity contribution in [1.82, 2.24) is 47.4 Å². The van der Waals surface area contributed by atoms with Gasteiger partial charge in [-0.15, -0.1) is 0 Å². The summed E-state index contributed by atoms with van der Waals surface area (Å²) in [7, 11) is 0. The van der Waals surface area contributed by atoms with Gasteiger partial charge in [-0.3, -0.25) is 43.8 Å². The van der Waals surface area contributed by atoms with Crippen LogP contribution in [0.4, 0.5) is 0 Å². The maximum absolute atomic E-state index is 14.0. The molecule has 8 amide bonds. The first-order valence-corrected chi connectivity index (χ1v) is 23.0. The van der Waals surface area contributed by atoms with E-state index in [0.717, 1.165) is 0 Å². The van der Waals surface area contributed by atoms with Crippen LogP contribution in [-0.2, 0) is 43.2 Å². The van der Waals surface area contributed by atoms with E-state index in [0.29, 0.717) is 38.6 Å². The van der Waals surface area contributed by atoms with Crippen LogP contribution in [0.3, 0.4) is 0 Å². The van der Waals surface area contributed by atoms with Crippen molar-refractivity contribution in [2.24, 2.45) is 34.4 Å². The SMILES string of the molecule is C[C@H](NC(=O)[C@@H](NC(=O)C(N)CCCCN)[C@@H](O)CN)C(=O)NCC(=O)N[C@H](CCCN)C(=O)N1CCC[C@H]1C(=O)N[C@H](C(=O)N[C@@H](CCCCN)C(=O)N/C(=C\CCNC(=N)N)C(=O)O)[C@@H](C)O. The Morgan fingerprint density at radius 1 is 0.725 bits per heavy atom. The summed E-state index contributed by atoms with van der Waals surface area (Å²) in [6, 6.07) is -9.26. The third-order valence-electron chi connectivity index (χ3n) is 10.8. The Bertz CT molecular complexity index is 1770. The number of aliphatic hydroxyl groups excluding tert-OH is 2. The van der Waals surface area contributed by atoms with E-state index in [1.807, 2.05) is 0 Å². The Morgan fingerprint density at radius 3 is 1.91 bits per heavy atom. The smallest absolute Gasteiger partial charge is 0.352 e. The first-order valence-electron chi connectivity index (χ1n) is 23.0. The van der Waals surface area contributed by atoms with E-state index in [4.69, 9.17) is 39.8 Å². The maximum Gasteiger partial charge on any atom is 0.352 e. The first-order chi connectivity index (χ1) is 32.6. The van der Waals surface area contributed by atoms with Gasteiger partial charge in [0.25, 0.3) is 0 Å². The fraction of sp³-hybridized carbons (Fsp3) is 0.707. The van der Waals surface area contributed by atoms with Gasteiger partial charge in [0.05, 0.1) is 24.8 Å². The molecule has 1 heterocycles. The number of hydrogen-bond donors (Lipinski definition) is 18. The van der Waals surface area contributed by atoms with Gasteiger partial charge in [-0.1, -0.05) is 12.5 Å². The average molecular weight is 985 g/mol. The summed E-state index contributed by atoms with van der Waals surface area (Å²) in [5.74, 6) is -8.59. The third-order valence-corrected chi connectivity index (χ3v) is 10.8. The quantitative estimate of drug-likeness (QED) is 0.0126. The molecule has 1 aliphatic heterocycles. The summed E-state index contributed by atoms with van der Waals surface area (Å²) < 4.78 is 0. The summed E-state index contributed by atoms with van der Waals surface area (Å²) in [5.41, 5.74) is 33.0. The van der Waals surface area contributed by atoms with Crippen molar-refractivity contribution in [1.29, 1.82) is 5.41 Å². The lowest BCUT2D eigenvalue weighted by Gasteiger charge is -2.31. The number of carbonyl (C=O) groups excluding carboxylic acids is 8. The number of nitrogens with one attached hydrogen (secondary N) is 9. The minimum atomic E-state index is -1.65. The maximum atomic E-state index is 14.0. The standard InChI is InChI=1S/C41H76N16O12/c1-22(51-38(66)32(29(59)20-45)56-34(62)24(46)10-3-5-15-42)33(61)50-21-30(60)52-26(12-7-17-44)39(67)57-19-9-14-28(57)36(64)55-31(23(2)58)37(65)53-25(11-4-6-16-43)35(63)54-27(40(68)69)13-8-18-49-41(47)48/h13,22-26,28-29,31-32,58-59H,3-12,14-21,42-46H2,1-2H3,(H,50,61)(H,51,66)(H,52,60)(H,53,65)(H,54,63)(H,55,64)(H,56,62)(H,68,69)(H4,47,48,49)/b27-13-/t22-,23+,24?,25-,26+,28-,29-,31-,32-/m0/s1. The van der Waals surface area contributed by atoms with Crippen LogP contribution in [-0.4, -0.2) is 180 Å². The van der Waals surface area contributed by atoms with Gasteiger partial charge in [-0.2, -0.15) is 0 Å². The first kappa shape index (κ1) is 61.0. The number of unbranched alkanes of at least 4 members (excludes halogenated alkanes) is 2. The Balaban J connectivity index is 3.07. The second-order valence-corrected chi connectivity index (χ2v) is 16.5. The van der Waals surface area contributed by atoms with Crippen LogP contribution in [0, 0.1) is 5.41 Å². The van der Waals surface area contributed by atoms with Crippen molar-refractivity contribution in [3.05, 3.63) is 11.8 Å². The minimum absolute atomic E-state index is 0.00238. The number of aliphatic hydroxyl groups is 2. The van der Waals surface area contributed by atoms with E-state index < -0.39 is 127 Å². The lowest BCUT2D eigenvalue weighted by molar-refractivity contribution is -0.143. The molecule has 1 rings (SSSR count). The Labute approximate surface area is 400 Å². The molecular weight excluding hydrogens is 909 g/mol. The van der Waals surface area contributed by atoms with Crippen LogP contribution >= 0.6 is 0 Å². The highest BCUT2D eigenvalue weighted by Gasteiger charge is 2.40. The zero-order chi connectivity index (χ0) is 52.2. The molecule has 1 aliphatic rings.